The Kier molecular flexibility index (Phi) is 4.34. The van der Waals surface area contributed by atoms with Crippen molar-refractivity contribution in [3.63, 3.8) is 0 Å². The summed E-state index contributed by atoms with van der Waals surface area (Å²) in [5, 5.41) is 14.5. The number of anilines is 1. The van der Waals surface area contributed by atoms with Crippen molar-refractivity contribution in [2.45, 2.75) is 26.7 Å². The number of hydrogen-bond acceptors (Lipinski definition) is 4. The van der Waals surface area contributed by atoms with E-state index in [0.717, 1.165) is 24.0 Å². The number of fused-ring (bicyclic) bond motifs is 1. The quantitative estimate of drug-likeness (QED) is 0.916. The van der Waals surface area contributed by atoms with Crippen LogP contribution in [0.25, 0.3) is 10.8 Å². The lowest BCUT2D eigenvalue weighted by Gasteiger charge is -2.15. The summed E-state index contributed by atoms with van der Waals surface area (Å²) in [6, 6.07) is 8.36. The smallest absolute Gasteiger partial charge is 0.156 e. The predicted molar refractivity (Wildman–Crippen MR) is 87.6 cm³/mol. The summed E-state index contributed by atoms with van der Waals surface area (Å²) in [6.07, 6.45) is 2.53. The van der Waals surface area contributed by atoms with Crippen molar-refractivity contribution < 1.29 is 0 Å². The summed E-state index contributed by atoms with van der Waals surface area (Å²) >= 11 is 0. The first-order valence-electron chi connectivity index (χ1n) is 7.96. The zero-order chi connectivity index (χ0) is 14.7. The molecule has 21 heavy (non-hydrogen) atoms. The molecule has 3 rings (SSSR count). The fourth-order valence-electron chi connectivity index (χ4n) is 3.21. The van der Waals surface area contributed by atoms with Gasteiger partial charge in [0.25, 0.3) is 0 Å². The number of hydrogen-bond donors (Lipinski definition) is 1. The maximum absolute atomic E-state index is 4.35. The van der Waals surface area contributed by atoms with Crippen molar-refractivity contribution in [2.75, 3.05) is 31.5 Å². The Morgan fingerprint density at radius 2 is 2.05 bits per heavy atom. The van der Waals surface area contributed by atoms with Gasteiger partial charge in [0.1, 0.15) is 0 Å². The Labute approximate surface area is 126 Å². The molecule has 0 radical (unpaired) electrons. The number of aryl methyl sites for hydroxylation is 1. The van der Waals surface area contributed by atoms with E-state index in [1.165, 1.54) is 43.2 Å². The minimum absolute atomic E-state index is 0.721. The van der Waals surface area contributed by atoms with E-state index in [1.807, 2.05) is 6.92 Å². The first kappa shape index (κ1) is 14.3. The molecule has 1 aliphatic rings. The molecule has 1 atom stereocenters. The van der Waals surface area contributed by atoms with Crippen LogP contribution in [0.1, 0.15) is 25.5 Å². The molecule has 1 saturated heterocycles. The second-order valence-corrected chi connectivity index (χ2v) is 6.02. The number of benzene rings is 1. The highest BCUT2D eigenvalue weighted by Gasteiger charge is 2.21. The van der Waals surface area contributed by atoms with Crippen LogP contribution in [0.5, 0.6) is 0 Å². The van der Waals surface area contributed by atoms with Gasteiger partial charge in [0.15, 0.2) is 5.82 Å². The molecule has 112 valence electrons. The van der Waals surface area contributed by atoms with E-state index in [4.69, 9.17) is 0 Å². The molecule has 0 amide bonds. The van der Waals surface area contributed by atoms with Gasteiger partial charge in [0, 0.05) is 23.9 Å². The van der Waals surface area contributed by atoms with Crippen LogP contribution in [0, 0.1) is 12.8 Å². The number of nitrogens with zero attached hydrogens (tertiary/aromatic N) is 3. The van der Waals surface area contributed by atoms with Gasteiger partial charge in [-0.25, -0.2) is 0 Å². The minimum atomic E-state index is 0.721. The standard InChI is InChI=1S/C17H24N4/c1-3-9-21-10-8-14(12-21)11-18-17-16-7-5-4-6-15(16)13(2)19-20-17/h4-7,14H,3,8-12H2,1-2H3,(H,18,20). The van der Waals surface area contributed by atoms with Crippen LogP contribution >= 0.6 is 0 Å². The van der Waals surface area contributed by atoms with Crippen LogP contribution in [-0.2, 0) is 0 Å². The molecule has 2 aromatic rings. The Morgan fingerprint density at radius 3 is 2.86 bits per heavy atom. The molecule has 1 aliphatic heterocycles. The van der Waals surface area contributed by atoms with Crippen molar-refractivity contribution >= 4 is 16.6 Å². The molecule has 1 fully saturated rings. The van der Waals surface area contributed by atoms with Gasteiger partial charge in [0.05, 0.1) is 5.69 Å². The maximum atomic E-state index is 4.35. The van der Waals surface area contributed by atoms with Crippen molar-refractivity contribution in [1.82, 2.24) is 15.1 Å². The molecule has 0 aliphatic carbocycles. The lowest BCUT2D eigenvalue weighted by molar-refractivity contribution is 0.327. The predicted octanol–water partition coefficient (Wildman–Crippen LogP) is 3.08. The summed E-state index contributed by atoms with van der Waals surface area (Å²) in [4.78, 5) is 2.56. The molecule has 0 spiro atoms. The van der Waals surface area contributed by atoms with E-state index in [9.17, 15) is 0 Å². The molecule has 1 N–H and O–H groups in total. The number of nitrogens with one attached hydrogen (secondary N) is 1. The first-order chi connectivity index (χ1) is 10.3. The molecular weight excluding hydrogens is 260 g/mol. The number of aromatic nitrogens is 2. The lowest BCUT2D eigenvalue weighted by atomic mass is 10.1. The van der Waals surface area contributed by atoms with E-state index in [-0.39, 0.29) is 0 Å². The summed E-state index contributed by atoms with van der Waals surface area (Å²) in [5.74, 6) is 1.64. The normalized spacial score (nSPS) is 19.2. The molecular formula is C17H24N4. The van der Waals surface area contributed by atoms with E-state index in [0.29, 0.717) is 0 Å². The largest absolute Gasteiger partial charge is 0.368 e. The Hall–Kier alpha value is -1.68. The van der Waals surface area contributed by atoms with Gasteiger partial charge in [-0.05, 0) is 38.8 Å². The third-order valence-corrected chi connectivity index (χ3v) is 4.34. The molecule has 1 aromatic carbocycles. The van der Waals surface area contributed by atoms with Gasteiger partial charge in [-0.2, -0.15) is 5.10 Å². The van der Waals surface area contributed by atoms with E-state index < -0.39 is 0 Å². The highest BCUT2D eigenvalue weighted by atomic mass is 15.2. The van der Waals surface area contributed by atoms with Gasteiger partial charge in [-0.15, -0.1) is 5.10 Å². The summed E-state index contributed by atoms with van der Waals surface area (Å²) in [5.41, 5.74) is 0.992. The van der Waals surface area contributed by atoms with Gasteiger partial charge in [-0.3, -0.25) is 0 Å². The summed E-state index contributed by atoms with van der Waals surface area (Å²) in [6.45, 7) is 8.92. The van der Waals surface area contributed by atoms with Gasteiger partial charge >= 0.3 is 0 Å². The zero-order valence-electron chi connectivity index (χ0n) is 13.0. The molecule has 0 bridgehead atoms. The van der Waals surface area contributed by atoms with Crippen LogP contribution in [-0.4, -0.2) is 41.3 Å². The highest BCUT2D eigenvalue weighted by Crippen LogP contribution is 2.23. The fourth-order valence-corrected chi connectivity index (χ4v) is 3.21. The van der Waals surface area contributed by atoms with Gasteiger partial charge < -0.3 is 10.2 Å². The van der Waals surface area contributed by atoms with Crippen LogP contribution < -0.4 is 5.32 Å². The first-order valence-corrected chi connectivity index (χ1v) is 7.96. The average molecular weight is 284 g/mol. The van der Waals surface area contributed by atoms with Crippen molar-refractivity contribution in [3.8, 4) is 0 Å². The third kappa shape index (κ3) is 3.16. The van der Waals surface area contributed by atoms with Crippen LogP contribution in [0.15, 0.2) is 24.3 Å². The van der Waals surface area contributed by atoms with E-state index >= 15 is 0 Å². The van der Waals surface area contributed by atoms with Crippen molar-refractivity contribution in [1.29, 1.82) is 0 Å². The summed E-state index contributed by atoms with van der Waals surface area (Å²) in [7, 11) is 0. The third-order valence-electron chi connectivity index (χ3n) is 4.34. The Balaban J connectivity index is 1.68. The fraction of sp³-hybridized carbons (Fsp3) is 0.529. The molecule has 1 unspecified atom stereocenters. The monoisotopic (exact) mass is 284 g/mol. The zero-order valence-corrected chi connectivity index (χ0v) is 13.0. The van der Waals surface area contributed by atoms with E-state index in [1.54, 1.807) is 0 Å². The minimum Gasteiger partial charge on any atom is -0.368 e. The number of rotatable bonds is 5. The maximum Gasteiger partial charge on any atom is 0.156 e. The molecule has 4 nitrogen and oxygen atoms in total. The van der Waals surface area contributed by atoms with Gasteiger partial charge in [-0.1, -0.05) is 31.2 Å². The second-order valence-electron chi connectivity index (χ2n) is 6.02. The van der Waals surface area contributed by atoms with E-state index in [2.05, 4.69) is 51.6 Å². The highest BCUT2D eigenvalue weighted by molar-refractivity contribution is 5.92. The average Bonchev–Trinajstić information content (AvgIpc) is 2.95. The lowest BCUT2D eigenvalue weighted by Crippen LogP contribution is -2.23. The SMILES string of the molecule is CCCN1CCC(CNc2nnc(C)c3ccccc23)C1. The van der Waals surface area contributed by atoms with Gasteiger partial charge in [0.2, 0.25) is 0 Å². The Bertz CT molecular complexity index is 611. The van der Waals surface area contributed by atoms with Crippen LogP contribution in [0.3, 0.4) is 0 Å². The molecule has 2 heterocycles. The van der Waals surface area contributed by atoms with Crippen LogP contribution in [0.4, 0.5) is 5.82 Å². The van der Waals surface area contributed by atoms with Crippen molar-refractivity contribution in [2.24, 2.45) is 5.92 Å². The molecule has 4 heteroatoms. The second kappa shape index (κ2) is 6.39. The molecule has 1 aromatic heterocycles. The topological polar surface area (TPSA) is 41.0 Å². The van der Waals surface area contributed by atoms with Crippen molar-refractivity contribution in [3.05, 3.63) is 30.0 Å². The summed E-state index contributed by atoms with van der Waals surface area (Å²) < 4.78 is 0. The molecule has 0 saturated carbocycles. The Morgan fingerprint density at radius 1 is 1.24 bits per heavy atom. The number of likely N-dealkylation sites (tertiary alicyclic amines) is 1. The van der Waals surface area contributed by atoms with Crippen LogP contribution in [0.2, 0.25) is 0 Å².